The van der Waals surface area contributed by atoms with Crippen LogP contribution in [-0.2, 0) is 9.53 Å². The summed E-state index contributed by atoms with van der Waals surface area (Å²) < 4.78 is 5.53. The van der Waals surface area contributed by atoms with Gasteiger partial charge in [-0.1, -0.05) is 13.8 Å². The number of hydrogen-bond donors (Lipinski definition) is 1. The van der Waals surface area contributed by atoms with E-state index in [1.165, 1.54) is 12.8 Å². The highest BCUT2D eigenvalue weighted by molar-refractivity contribution is 6.01. The summed E-state index contributed by atoms with van der Waals surface area (Å²) in [5.74, 6) is 0.138. The number of nitrogens with one attached hydrogen (secondary N) is 1. The maximum Gasteiger partial charge on any atom is 0.338 e. The zero-order valence-electron chi connectivity index (χ0n) is 18.6. The number of anilines is 2. The number of fused-ring (bicyclic) bond motifs is 1. The van der Waals surface area contributed by atoms with E-state index in [4.69, 9.17) is 4.74 Å². The lowest BCUT2D eigenvalue weighted by molar-refractivity contribution is -0.118. The van der Waals surface area contributed by atoms with Crippen molar-refractivity contribution < 1.29 is 14.3 Å². The van der Waals surface area contributed by atoms with E-state index in [-0.39, 0.29) is 17.9 Å². The van der Waals surface area contributed by atoms with Gasteiger partial charge in [0.2, 0.25) is 5.91 Å². The van der Waals surface area contributed by atoms with Gasteiger partial charge in [-0.15, -0.1) is 0 Å². The molecule has 1 saturated carbocycles. The fourth-order valence-corrected chi connectivity index (χ4v) is 3.50. The molecule has 1 heterocycles. The van der Waals surface area contributed by atoms with Gasteiger partial charge in [-0.25, -0.2) is 4.79 Å². The average molecular weight is 402 g/mol. The smallest absolute Gasteiger partial charge is 0.338 e. The van der Waals surface area contributed by atoms with Crippen molar-refractivity contribution in [2.75, 3.05) is 29.4 Å². The maximum atomic E-state index is 13.0. The largest absolute Gasteiger partial charge is 0.456 e. The molecule has 1 fully saturated rings. The summed E-state index contributed by atoms with van der Waals surface area (Å²) in [6, 6.07) is 6.42. The summed E-state index contributed by atoms with van der Waals surface area (Å²) in [6.45, 7) is 13.7. The van der Waals surface area contributed by atoms with E-state index in [0.717, 1.165) is 17.9 Å². The van der Waals surface area contributed by atoms with Crippen LogP contribution in [0, 0.1) is 5.92 Å². The third kappa shape index (κ3) is 5.30. The predicted octanol–water partition coefficient (Wildman–Crippen LogP) is 3.59. The zero-order valence-corrected chi connectivity index (χ0v) is 18.6. The fraction of sp³-hybridized carbons (Fsp3) is 0.652. The molecule has 29 heavy (non-hydrogen) atoms. The van der Waals surface area contributed by atoms with Crippen LogP contribution in [-0.4, -0.2) is 49.2 Å². The first-order chi connectivity index (χ1) is 13.6. The number of esters is 1. The molecule has 6 nitrogen and oxygen atoms in total. The number of nitrogens with zero attached hydrogens (tertiary/aromatic N) is 2. The number of hydrogen-bond acceptors (Lipinski definition) is 5. The molecule has 0 saturated heterocycles. The Bertz CT molecular complexity index is 765. The van der Waals surface area contributed by atoms with Crippen molar-refractivity contribution in [3.8, 4) is 0 Å². The van der Waals surface area contributed by atoms with Gasteiger partial charge in [-0.05, 0) is 64.7 Å². The molecule has 6 heteroatoms. The summed E-state index contributed by atoms with van der Waals surface area (Å²) in [7, 11) is 0. The van der Waals surface area contributed by atoms with Crippen LogP contribution in [0.2, 0.25) is 0 Å². The first-order valence-electron chi connectivity index (χ1n) is 10.7. The quantitative estimate of drug-likeness (QED) is 0.738. The van der Waals surface area contributed by atoms with Crippen LogP contribution in [0.15, 0.2) is 18.2 Å². The highest BCUT2D eigenvalue weighted by atomic mass is 16.6. The minimum Gasteiger partial charge on any atom is -0.456 e. The molecule has 2 aliphatic rings. The Labute approximate surface area is 174 Å². The molecule has 0 aromatic heterocycles. The van der Waals surface area contributed by atoms with Gasteiger partial charge in [0.05, 0.1) is 23.5 Å². The van der Waals surface area contributed by atoms with Crippen molar-refractivity contribution in [2.24, 2.45) is 5.92 Å². The van der Waals surface area contributed by atoms with Gasteiger partial charge in [0.25, 0.3) is 0 Å². The van der Waals surface area contributed by atoms with Gasteiger partial charge in [-0.3, -0.25) is 4.79 Å². The third-order valence-corrected chi connectivity index (χ3v) is 5.64. The van der Waals surface area contributed by atoms with E-state index < -0.39 is 5.60 Å². The van der Waals surface area contributed by atoms with Crippen LogP contribution in [0.25, 0.3) is 0 Å². The molecule has 1 aromatic rings. The first-order valence-corrected chi connectivity index (χ1v) is 10.7. The Hall–Kier alpha value is -2.08. The summed E-state index contributed by atoms with van der Waals surface area (Å²) in [5.41, 5.74) is 1.78. The van der Waals surface area contributed by atoms with Gasteiger partial charge in [0.15, 0.2) is 0 Å². The number of carbonyl (C=O) groups excluding carboxylic acids is 2. The molecule has 1 aromatic carbocycles. The number of amides is 1. The fourth-order valence-electron chi connectivity index (χ4n) is 3.50. The molecule has 1 N–H and O–H groups in total. The van der Waals surface area contributed by atoms with Crippen molar-refractivity contribution in [3.05, 3.63) is 23.8 Å². The highest BCUT2D eigenvalue weighted by Gasteiger charge is 2.36. The van der Waals surface area contributed by atoms with Crippen molar-refractivity contribution in [1.82, 2.24) is 5.32 Å². The van der Waals surface area contributed by atoms with Crippen molar-refractivity contribution in [3.63, 3.8) is 0 Å². The molecule has 3 rings (SSSR count). The van der Waals surface area contributed by atoms with E-state index in [9.17, 15) is 9.59 Å². The lowest BCUT2D eigenvalue weighted by Gasteiger charge is -2.38. The van der Waals surface area contributed by atoms with Crippen molar-refractivity contribution in [1.29, 1.82) is 0 Å². The maximum absolute atomic E-state index is 13.0. The lowest BCUT2D eigenvalue weighted by Crippen LogP contribution is -2.49. The molecular formula is C23H35N3O3. The Morgan fingerprint density at radius 3 is 2.41 bits per heavy atom. The molecule has 1 atom stereocenters. The van der Waals surface area contributed by atoms with E-state index in [2.05, 4.69) is 31.0 Å². The van der Waals surface area contributed by atoms with Gasteiger partial charge in [0, 0.05) is 25.2 Å². The number of carbonyl (C=O) groups is 2. The van der Waals surface area contributed by atoms with Gasteiger partial charge >= 0.3 is 5.97 Å². The van der Waals surface area contributed by atoms with E-state index in [0.29, 0.717) is 30.6 Å². The van der Waals surface area contributed by atoms with Gasteiger partial charge in [-0.2, -0.15) is 0 Å². The first kappa shape index (κ1) is 21.6. The normalized spacial score (nSPS) is 17.9. The molecule has 1 aliphatic heterocycles. The molecular weight excluding hydrogens is 366 g/mol. The second-order valence-corrected chi connectivity index (χ2v) is 9.59. The molecule has 0 radical (unpaired) electrons. The predicted molar refractivity (Wildman–Crippen MR) is 117 cm³/mol. The lowest BCUT2D eigenvalue weighted by atomic mass is 10.1. The number of ether oxygens (including phenoxy) is 1. The van der Waals surface area contributed by atoms with Gasteiger partial charge < -0.3 is 19.9 Å². The van der Waals surface area contributed by atoms with E-state index >= 15 is 0 Å². The minimum absolute atomic E-state index is 0.0375. The highest BCUT2D eigenvalue weighted by Crippen LogP contribution is 2.40. The van der Waals surface area contributed by atoms with Crippen molar-refractivity contribution in [2.45, 2.75) is 72.1 Å². The van der Waals surface area contributed by atoms with Crippen LogP contribution >= 0.6 is 0 Å². The summed E-state index contributed by atoms with van der Waals surface area (Å²) in [5, 5.41) is 3.33. The standard InChI is InChI=1S/C23H35N3O3/c1-15(2)16(3)24-14-21(27)26-12-11-25(18-8-9-18)19-10-7-17(13-20(19)26)22(28)29-23(4,5)6/h7,10,13,15-16,18,24H,8-9,11-12,14H2,1-6H3/t16-/m0/s1. The second-order valence-electron chi connectivity index (χ2n) is 9.59. The van der Waals surface area contributed by atoms with Gasteiger partial charge in [0.1, 0.15) is 5.60 Å². The molecule has 0 unspecified atom stereocenters. The Morgan fingerprint density at radius 2 is 1.83 bits per heavy atom. The topological polar surface area (TPSA) is 61.9 Å². The Kier molecular flexibility index (Phi) is 6.22. The molecule has 0 spiro atoms. The molecule has 1 amide bonds. The average Bonchev–Trinajstić information content (AvgIpc) is 3.48. The zero-order chi connectivity index (χ0) is 21.3. The van der Waals surface area contributed by atoms with Crippen LogP contribution in [0.4, 0.5) is 11.4 Å². The van der Waals surface area contributed by atoms with Crippen LogP contribution < -0.4 is 15.1 Å². The Balaban J connectivity index is 1.85. The van der Waals surface area contributed by atoms with Crippen LogP contribution in [0.3, 0.4) is 0 Å². The number of benzene rings is 1. The SMILES string of the molecule is CC(C)[C@H](C)NCC(=O)N1CCN(C2CC2)c2ccc(C(=O)OC(C)(C)C)cc21. The minimum atomic E-state index is -0.556. The summed E-state index contributed by atoms with van der Waals surface area (Å²) in [4.78, 5) is 29.8. The van der Waals surface area contributed by atoms with Crippen molar-refractivity contribution >= 4 is 23.3 Å². The number of rotatable bonds is 6. The molecule has 1 aliphatic carbocycles. The molecule has 0 bridgehead atoms. The van der Waals surface area contributed by atoms with E-state index in [1.807, 2.05) is 43.9 Å². The Morgan fingerprint density at radius 1 is 1.14 bits per heavy atom. The third-order valence-electron chi connectivity index (χ3n) is 5.64. The van der Waals surface area contributed by atoms with E-state index in [1.54, 1.807) is 0 Å². The molecule has 160 valence electrons. The summed E-state index contributed by atoms with van der Waals surface area (Å²) in [6.07, 6.45) is 2.38. The van der Waals surface area contributed by atoms with Crippen LogP contribution in [0.1, 0.15) is 64.7 Å². The van der Waals surface area contributed by atoms with Crippen LogP contribution in [0.5, 0.6) is 0 Å². The summed E-state index contributed by atoms with van der Waals surface area (Å²) >= 11 is 0. The second kappa shape index (κ2) is 8.34. The monoisotopic (exact) mass is 401 g/mol.